The van der Waals surface area contributed by atoms with E-state index < -0.39 is 0 Å². The highest BCUT2D eigenvalue weighted by Crippen LogP contribution is 2.63. The predicted molar refractivity (Wildman–Crippen MR) is 139 cm³/mol. The van der Waals surface area contributed by atoms with Crippen LogP contribution in [0.3, 0.4) is 0 Å². The van der Waals surface area contributed by atoms with Crippen LogP contribution in [0.25, 0.3) is 0 Å². The number of nitrogens with zero attached hydrogens (tertiary/aromatic N) is 2. The zero-order valence-corrected chi connectivity index (χ0v) is 22.0. The van der Waals surface area contributed by atoms with Crippen LogP contribution in [-0.4, -0.2) is 34.3 Å². The minimum Gasteiger partial charge on any atom is -0.489 e. The highest BCUT2D eigenvalue weighted by molar-refractivity contribution is 5.67. The summed E-state index contributed by atoms with van der Waals surface area (Å²) < 4.78 is 17.3. The molecule has 0 aliphatic heterocycles. The quantitative estimate of drug-likeness (QED) is 0.417. The Bertz CT molecular complexity index is 1310. The largest absolute Gasteiger partial charge is 0.489 e. The maximum atomic E-state index is 11.6. The fourth-order valence-electron chi connectivity index (χ4n) is 5.44. The number of esters is 1. The van der Waals surface area contributed by atoms with E-state index in [1.807, 2.05) is 19.9 Å². The Kier molecular flexibility index (Phi) is 6.90. The summed E-state index contributed by atoms with van der Waals surface area (Å²) in [5.41, 5.74) is 8.80. The van der Waals surface area contributed by atoms with Crippen LogP contribution in [0, 0.1) is 26.2 Å². The third kappa shape index (κ3) is 5.18. The molecule has 1 atom stereocenters. The van der Waals surface area contributed by atoms with Crippen LogP contribution in [0.5, 0.6) is 11.8 Å². The Morgan fingerprint density at radius 1 is 1.05 bits per heavy atom. The molecule has 5 rings (SSSR count). The van der Waals surface area contributed by atoms with Crippen LogP contribution in [0.15, 0.2) is 36.4 Å². The monoisotopic (exact) mass is 502 g/mol. The number of hydrogen-bond acceptors (Lipinski definition) is 7. The molecule has 1 aromatic heterocycles. The number of aliphatic hydroxyl groups excluding tert-OH is 1. The minimum absolute atomic E-state index is 0.0711. The van der Waals surface area contributed by atoms with Gasteiger partial charge in [-0.1, -0.05) is 24.3 Å². The molecule has 194 valence electrons. The first-order valence-corrected chi connectivity index (χ1v) is 12.9. The number of aromatic nitrogens is 2. The lowest BCUT2D eigenvalue weighted by molar-refractivity contribution is -0.149. The Balaban J connectivity index is 1.29. The van der Waals surface area contributed by atoms with Crippen molar-refractivity contribution < 1.29 is 24.1 Å². The molecule has 0 saturated heterocycles. The Morgan fingerprint density at radius 2 is 1.78 bits per heavy atom. The van der Waals surface area contributed by atoms with Crippen LogP contribution in [0.2, 0.25) is 0 Å². The average Bonchev–Trinajstić information content (AvgIpc) is 3.57. The van der Waals surface area contributed by atoms with E-state index >= 15 is 0 Å². The van der Waals surface area contributed by atoms with Crippen LogP contribution in [0.1, 0.15) is 70.6 Å². The van der Waals surface area contributed by atoms with E-state index in [0.29, 0.717) is 12.6 Å². The Morgan fingerprint density at radius 3 is 2.46 bits per heavy atom. The molecule has 2 aliphatic carbocycles. The van der Waals surface area contributed by atoms with Crippen LogP contribution < -0.4 is 9.47 Å². The molecular weight excluding hydrogens is 468 g/mol. The number of carbonyl (C=O) groups excluding carboxylic acids is 1. The molecule has 3 aromatic rings. The lowest BCUT2D eigenvalue weighted by atomic mass is 9.95. The van der Waals surface area contributed by atoms with Gasteiger partial charge in [0.2, 0.25) is 0 Å². The van der Waals surface area contributed by atoms with Gasteiger partial charge in [0.25, 0.3) is 0 Å². The smallest absolute Gasteiger partial charge is 0.316 e. The van der Waals surface area contributed by atoms with Gasteiger partial charge in [0.15, 0.2) is 0 Å². The van der Waals surface area contributed by atoms with Crippen molar-refractivity contribution in [2.24, 2.45) is 5.41 Å². The van der Waals surface area contributed by atoms with Crippen molar-refractivity contribution in [3.63, 3.8) is 0 Å². The highest BCUT2D eigenvalue weighted by atomic mass is 16.5. The van der Waals surface area contributed by atoms with E-state index in [1.54, 1.807) is 0 Å². The van der Waals surface area contributed by atoms with E-state index in [1.165, 1.54) is 23.6 Å². The summed E-state index contributed by atoms with van der Waals surface area (Å²) >= 11 is 0. The number of rotatable bonds is 9. The molecule has 7 nitrogen and oxygen atoms in total. The van der Waals surface area contributed by atoms with Gasteiger partial charge in [-0.2, -0.15) is 0 Å². The van der Waals surface area contributed by atoms with E-state index in [4.69, 9.17) is 19.3 Å². The van der Waals surface area contributed by atoms with Crippen molar-refractivity contribution in [2.45, 2.75) is 66.1 Å². The molecule has 2 aliphatic rings. The normalized spacial score (nSPS) is 16.9. The summed E-state index contributed by atoms with van der Waals surface area (Å²) in [5.74, 6) is 0.615. The Hall–Kier alpha value is -3.45. The van der Waals surface area contributed by atoms with Gasteiger partial charge >= 0.3 is 12.0 Å². The van der Waals surface area contributed by atoms with Gasteiger partial charge in [-0.15, -0.1) is 0 Å². The van der Waals surface area contributed by atoms with Gasteiger partial charge in [0.1, 0.15) is 25.1 Å². The summed E-state index contributed by atoms with van der Waals surface area (Å²) in [4.78, 5) is 20.6. The first-order chi connectivity index (χ1) is 17.8. The first kappa shape index (κ1) is 25.2. The number of fused-ring (bicyclic) bond motifs is 1. The number of aryl methyl sites for hydroxylation is 2. The van der Waals surface area contributed by atoms with E-state index in [0.717, 1.165) is 59.5 Å². The van der Waals surface area contributed by atoms with Crippen molar-refractivity contribution in [2.75, 3.05) is 13.2 Å². The van der Waals surface area contributed by atoms with E-state index in [9.17, 15) is 4.79 Å². The third-order valence-electron chi connectivity index (χ3n) is 7.71. The molecule has 0 bridgehead atoms. The predicted octanol–water partition coefficient (Wildman–Crippen LogP) is 4.88. The van der Waals surface area contributed by atoms with Crippen molar-refractivity contribution >= 4 is 5.97 Å². The molecule has 1 fully saturated rings. The van der Waals surface area contributed by atoms with Gasteiger partial charge < -0.3 is 19.3 Å². The van der Waals surface area contributed by atoms with Gasteiger partial charge in [0, 0.05) is 30.1 Å². The van der Waals surface area contributed by atoms with Gasteiger partial charge in [0.05, 0.1) is 6.61 Å². The Labute approximate surface area is 217 Å². The maximum absolute atomic E-state index is 11.6. The van der Waals surface area contributed by atoms with Crippen LogP contribution in [-0.2, 0) is 29.0 Å². The molecular formula is C30H34N2O5. The molecule has 1 unspecified atom stereocenters. The second-order valence-electron chi connectivity index (χ2n) is 10.3. The maximum Gasteiger partial charge on any atom is 0.316 e. The summed E-state index contributed by atoms with van der Waals surface area (Å²) in [7, 11) is 0. The zero-order chi connectivity index (χ0) is 26.2. The van der Waals surface area contributed by atoms with Crippen LogP contribution >= 0.6 is 0 Å². The number of hydrogen-bond donors (Lipinski definition) is 1. The van der Waals surface area contributed by atoms with Crippen molar-refractivity contribution in [1.29, 1.82) is 0 Å². The zero-order valence-electron chi connectivity index (χ0n) is 22.0. The second kappa shape index (κ2) is 10.1. The molecule has 7 heteroatoms. The number of ether oxygens (including phenoxy) is 3. The number of aliphatic hydroxyl groups is 1. The molecule has 1 saturated carbocycles. The van der Waals surface area contributed by atoms with E-state index in [2.05, 4.69) is 47.2 Å². The number of benzene rings is 2. The van der Waals surface area contributed by atoms with Gasteiger partial charge in [-0.25, -0.2) is 9.97 Å². The molecule has 0 amide bonds. The van der Waals surface area contributed by atoms with Crippen molar-refractivity contribution in [3.8, 4) is 11.8 Å². The molecule has 1 spiro atoms. The minimum atomic E-state index is -0.220. The summed E-state index contributed by atoms with van der Waals surface area (Å²) in [6, 6.07) is 12.8. The fraction of sp³-hybridized carbons (Fsp3) is 0.433. The molecule has 1 N–H and O–H groups in total. The summed E-state index contributed by atoms with van der Waals surface area (Å²) in [5, 5.41) is 8.98. The van der Waals surface area contributed by atoms with E-state index in [-0.39, 0.29) is 30.7 Å². The second-order valence-corrected chi connectivity index (χ2v) is 10.3. The first-order valence-electron chi connectivity index (χ1n) is 12.9. The summed E-state index contributed by atoms with van der Waals surface area (Å²) in [6.45, 7) is 8.12. The lowest BCUT2D eigenvalue weighted by Gasteiger charge is -2.19. The van der Waals surface area contributed by atoms with Gasteiger partial charge in [-0.3, -0.25) is 4.79 Å². The van der Waals surface area contributed by atoms with Gasteiger partial charge in [-0.05, 0) is 85.5 Å². The standard InChI is InChI=1S/C30H34N2O5/c1-18-22(15-27-19(2)31-29(32-20(27)3)35-13-12-33)6-5-7-23(18)17-36-25-8-9-26-24(14-25)16-30(10-11-30)28(26)37-21(4)34/h5-9,14,28,33H,10-13,15-17H2,1-4H3. The average molecular weight is 503 g/mol. The molecule has 2 aromatic carbocycles. The molecule has 1 heterocycles. The van der Waals surface area contributed by atoms with Crippen molar-refractivity contribution in [1.82, 2.24) is 9.97 Å². The summed E-state index contributed by atoms with van der Waals surface area (Å²) in [6.07, 6.45) is 3.74. The lowest BCUT2D eigenvalue weighted by Crippen LogP contribution is -2.15. The molecule has 0 radical (unpaired) electrons. The highest BCUT2D eigenvalue weighted by Gasteiger charge is 2.56. The SMILES string of the molecule is CC(=O)OC1c2ccc(OCc3cccc(Cc4c(C)nc(OCCO)nc4C)c3C)cc2CC12CC2. The topological polar surface area (TPSA) is 90.8 Å². The van der Waals surface area contributed by atoms with Crippen LogP contribution in [0.4, 0.5) is 0 Å². The fourth-order valence-corrected chi connectivity index (χ4v) is 5.44. The third-order valence-corrected chi connectivity index (χ3v) is 7.71. The van der Waals surface area contributed by atoms with Crippen molar-refractivity contribution in [3.05, 3.63) is 81.2 Å². The number of carbonyl (C=O) groups is 1. The molecule has 37 heavy (non-hydrogen) atoms.